The highest BCUT2D eigenvalue weighted by Crippen LogP contribution is 2.30. The van der Waals surface area contributed by atoms with E-state index in [0.29, 0.717) is 16.6 Å². The number of hydrogen-bond acceptors (Lipinski definition) is 4. The number of halogens is 1. The van der Waals surface area contributed by atoms with Crippen molar-refractivity contribution in [3.8, 4) is 0 Å². The van der Waals surface area contributed by atoms with Crippen LogP contribution in [-0.4, -0.2) is 16.3 Å². The van der Waals surface area contributed by atoms with Crippen molar-refractivity contribution in [1.82, 2.24) is 5.16 Å². The monoisotopic (exact) mass is 324 g/mol. The van der Waals surface area contributed by atoms with Gasteiger partial charge in [0.05, 0.1) is 5.25 Å². The number of benzene rings is 1. The Hall–Kier alpha value is -1.46. The number of anilines is 1. The van der Waals surface area contributed by atoms with E-state index in [1.807, 2.05) is 38.1 Å². The average Bonchev–Trinajstić information content (AvgIpc) is 2.81. The van der Waals surface area contributed by atoms with E-state index in [1.54, 1.807) is 13.0 Å². The molecule has 1 amide bonds. The maximum Gasteiger partial charge on any atom is 0.239 e. The molecule has 4 nitrogen and oxygen atoms in total. The zero-order valence-electron chi connectivity index (χ0n) is 12.1. The van der Waals surface area contributed by atoms with Crippen LogP contribution in [0.2, 0.25) is 5.02 Å². The summed E-state index contributed by atoms with van der Waals surface area (Å²) in [7, 11) is 0. The second-order valence-electron chi connectivity index (χ2n) is 5.05. The first-order valence-corrected chi connectivity index (χ1v) is 7.88. The van der Waals surface area contributed by atoms with Gasteiger partial charge in [-0.05, 0) is 31.0 Å². The quantitative estimate of drug-likeness (QED) is 0.829. The molecule has 1 aromatic heterocycles. The lowest BCUT2D eigenvalue weighted by Crippen LogP contribution is -2.29. The molecule has 0 aliphatic rings. The number of nitrogens with one attached hydrogen (secondary N) is 1. The molecule has 0 bridgehead atoms. The van der Waals surface area contributed by atoms with Crippen LogP contribution in [0.15, 0.2) is 39.8 Å². The number of carbonyl (C=O) groups is 1. The van der Waals surface area contributed by atoms with Crippen molar-refractivity contribution in [2.75, 3.05) is 5.32 Å². The van der Waals surface area contributed by atoms with Crippen molar-refractivity contribution in [1.29, 1.82) is 0 Å². The van der Waals surface area contributed by atoms with Crippen LogP contribution in [-0.2, 0) is 4.79 Å². The molecule has 1 unspecified atom stereocenters. The summed E-state index contributed by atoms with van der Waals surface area (Å²) in [5, 5.41) is 6.99. The number of aryl methyl sites for hydroxylation is 1. The molecule has 112 valence electrons. The van der Waals surface area contributed by atoms with Crippen LogP contribution in [0.1, 0.15) is 19.6 Å². The molecule has 0 fully saturated rings. The van der Waals surface area contributed by atoms with E-state index in [1.165, 1.54) is 11.8 Å². The Morgan fingerprint density at radius 1 is 1.38 bits per heavy atom. The molecule has 2 rings (SSSR count). The Morgan fingerprint density at radius 2 is 2.14 bits per heavy atom. The molecule has 0 saturated carbocycles. The summed E-state index contributed by atoms with van der Waals surface area (Å²) in [6.45, 7) is 5.80. The van der Waals surface area contributed by atoms with E-state index in [0.717, 1.165) is 4.90 Å². The Bertz CT molecular complexity index is 628. The van der Waals surface area contributed by atoms with Gasteiger partial charge in [-0.25, -0.2) is 0 Å². The van der Waals surface area contributed by atoms with Gasteiger partial charge in [-0.3, -0.25) is 4.79 Å². The topological polar surface area (TPSA) is 55.1 Å². The Labute approximate surface area is 133 Å². The Kier molecular flexibility index (Phi) is 5.31. The molecular weight excluding hydrogens is 308 g/mol. The summed E-state index contributed by atoms with van der Waals surface area (Å²) in [5.74, 6) is 1.17. The van der Waals surface area contributed by atoms with Crippen LogP contribution in [0.5, 0.6) is 0 Å². The molecule has 2 aromatic rings. The minimum Gasteiger partial charge on any atom is -0.360 e. The van der Waals surface area contributed by atoms with Gasteiger partial charge in [0.1, 0.15) is 5.76 Å². The normalized spacial score (nSPS) is 12.4. The van der Waals surface area contributed by atoms with Gasteiger partial charge < -0.3 is 9.84 Å². The van der Waals surface area contributed by atoms with Crippen LogP contribution < -0.4 is 5.32 Å². The molecule has 1 heterocycles. The molecular formula is C15H17ClN2O2S. The standard InChI is InChI=1S/C15H17ClN2O2S/c1-9(2)14(21-12-6-4-5-11(16)8-12)15(19)17-13-7-10(3)20-18-13/h4-9,14H,1-3H3,(H,17,18,19). The number of amides is 1. The first-order chi connectivity index (χ1) is 9.95. The average molecular weight is 325 g/mol. The van der Waals surface area contributed by atoms with Gasteiger partial charge in [0.25, 0.3) is 0 Å². The summed E-state index contributed by atoms with van der Waals surface area (Å²) in [4.78, 5) is 13.4. The maximum absolute atomic E-state index is 12.4. The third kappa shape index (κ3) is 4.51. The maximum atomic E-state index is 12.4. The number of hydrogen-bond donors (Lipinski definition) is 1. The fourth-order valence-electron chi connectivity index (χ4n) is 1.80. The zero-order valence-corrected chi connectivity index (χ0v) is 13.7. The van der Waals surface area contributed by atoms with E-state index in [-0.39, 0.29) is 17.1 Å². The largest absolute Gasteiger partial charge is 0.360 e. The predicted molar refractivity (Wildman–Crippen MR) is 85.8 cm³/mol. The van der Waals surface area contributed by atoms with Crippen molar-refractivity contribution in [2.24, 2.45) is 5.92 Å². The lowest BCUT2D eigenvalue weighted by atomic mass is 10.1. The van der Waals surface area contributed by atoms with Crippen molar-refractivity contribution >= 4 is 35.1 Å². The molecule has 0 spiro atoms. The summed E-state index contributed by atoms with van der Waals surface area (Å²) in [6, 6.07) is 9.18. The van der Waals surface area contributed by atoms with Gasteiger partial charge in [-0.15, -0.1) is 11.8 Å². The van der Waals surface area contributed by atoms with Gasteiger partial charge in [-0.2, -0.15) is 0 Å². The second kappa shape index (κ2) is 7.00. The van der Waals surface area contributed by atoms with Crippen LogP contribution >= 0.6 is 23.4 Å². The minimum atomic E-state index is -0.236. The molecule has 6 heteroatoms. The highest BCUT2D eigenvalue weighted by molar-refractivity contribution is 8.00. The lowest BCUT2D eigenvalue weighted by Gasteiger charge is -2.19. The highest BCUT2D eigenvalue weighted by atomic mass is 35.5. The van der Waals surface area contributed by atoms with Crippen molar-refractivity contribution in [3.63, 3.8) is 0 Å². The fourth-order valence-corrected chi connectivity index (χ4v) is 3.14. The van der Waals surface area contributed by atoms with E-state index >= 15 is 0 Å². The molecule has 0 aliphatic heterocycles. The van der Waals surface area contributed by atoms with Gasteiger partial charge in [0.15, 0.2) is 5.82 Å². The molecule has 1 aromatic carbocycles. The summed E-state index contributed by atoms with van der Waals surface area (Å²) in [5.41, 5.74) is 0. The van der Waals surface area contributed by atoms with Crippen LogP contribution in [0.25, 0.3) is 0 Å². The number of aromatic nitrogens is 1. The number of thioether (sulfide) groups is 1. The van der Waals surface area contributed by atoms with Crippen LogP contribution in [0, 0.1) is 12.8 Å². The second-order valence-corrected chi connectivity index (χ2v) is 6.70. The van der Waals surface area contributed by atoms with Gasteiger partial charge >= 0.3 is 0 Å². The minimum absolute atomic E-state index is 0.0942. The molecule has 1 atom stereocenters. The van der Waals surface area contributed by atoms with Crippen molar-refractivity contribution in [2.45, 2.75) is 30.9 Å². The van der Waals surface area contributed by atoms with Crippen molar-refractivity contribution in [3.05, 3.63) is 41.1 Å². The van der Waals surface area contributed by atoms with Gasteiger partial charge in [0, 0.05) is 16.0 Å². The summed E-state index contributed by atoms with van der Waals surface area (Å²) < 4.78 is 4.95. The third-order valence-electron chi connectivity index (χ3n) is 2.80. The fraction of sp³-hybridized carbons (Fsp3) is 0.333. The first kappa shape index (κ1) is 15.9. The Balaban J connectivity index is 2.09. The molecule has 21 heavy (non-hydrogen) atoms. The van der Waals surface area contributed by atoms with Gasteiger partial charge in [-0.1, -0.05) is 36.7 Å². The summed E-state index contributed by atoms with van der Waals surface area (Å²) in [6.07, 6.45) is 0. The summed E-state index contributed by atoms with van der Waals surface area (Å²) >= 11 is 7.47. The zero-order chi connectivity index (χ0) is 15.4. The first-order valence-electron chi connectivity index (χ1n) is 6.62. The van der Waals surface area contributed by atoms with E-state index in [2.05, 4.69) is 10.5 Å². The number of nitrogens with zero attached hydrogens (tertiary/aromatic N) is 1. The molecule has 0 saturated heterocycles. The lowest BCUT2D eigenvalue weighted by molar-refractivity contribution is -0.116. The highest BCUT2D eigenvalue weighted by Gasteiger charge is 2.24. The Morgan fingerprint density at radius 3 is 2.71 bits per heavy atom. The SMILES string of the molecule is Cc1cc(NC(=O)C(Sc2cccc(Cl)c2)C(C)C)no1. The third-order valence-corrected chi connectivity index (χ3v) is 4.58. The number of rotatable bonds is 5. The van der Waals surface area contributed by atoms with E-state index in [9.17, 15) is 4.79 Å². The van der Waals surface area contributed by atoms with Crippen LogP contribution in [0.3, 0.4) is 0 Å². The predicted octanol–water partition coefficient (Wildman–Crippen LogP) is 4.39. The van der Waals surface area contributed by atoms with Crippen molar-refractivity contribution < 1.29 is 9.32 Å². The molecule has 1 N–H and O–H groups in total. The van der Waals surface area contributed by atoms with E-state index in [4.69, 9.17) is 16.1 Å². The molecule has 0 radical (unpaired) electrons. The smallest absolute Gasteiger partial charge is 0.239 e. The van der Waals surface area contributed by atoms with Crippen LogP contribution in [0.4, 0.5) is 5.82 Å². The number of carbonyl (C=O) groups excluding carboxylic acids is 1. The van der Waals surface area contributed by atoms with Gasteiger partial charge in [0.2, 0.25) is 5.91 Å². The van der Waals surface area contributed by atoms with E-state index < -0.39 is 0 Å². The molecule has 0 aliphatic carbocycles.